The highest BCUT2D eigenvalue weighted by molar-refractivity contribution is 8.13. The van der Waals surface area contributed by atoms with Crippen LogP contribution in [-0.2, 0) is 9.05 Å². The van der Waals surface area contributed by atoms with E-state index < -0.39 is 9.05 Å². The normalized spacial score (nSPS) is 11.5. The maximum Gasteiger partial charge on any atom is 0.263 e. The molecule has 0 aliphatic heterocycles. The van der Waals surface area contributed by atoms with Gasteiger partial charge in [0.15, 0.2) is 0 Å². The van der Waals surface area contributed by atoms with Crippen LogP contribution in [0, 0.1) is 0 Å². The molecule has 3 nitrogen and oxygen atoms in total. The minimum absolute atomic E-state index is 0.107. The molecule has 0 atom stereocenters. The molecule has 0 saturated carbocycles. The van der Waals surface area contributed by atoms with Gasteiger partial charge in [0, 0.05) is 28.6 Å². The van der Waals surface area contributed by atoms with Crippen LogP contribution in [-0.4, -0.2) is 13.4 Å². The van der Waals surface area contributed by atoms with Crippen LogP contribution in [0.15, 0.2) is 47.6 Å². The standard InChI is InChI=1S/C10H8ClNO2S/c11-15(13,14)10-7-12-6-9(10)8-4-2-1-3-5-8/h1-7,12H. The fourth-order valence-electron chi connectivity index (χ4n) is 1.39. The molecule has 1 heterocycles. The van der Waals surface area contributed by atoms with E-state index in [4.69, 9.17) is 10.7 Å². The maximum absolute atomic E-state index is 11.2. The lowest BCUT2D eigenvalue weighted by atomic mass is 10.1. The third-order valence-corrected chi connectivity index (χ3v) is 3.42. The molecular formula is C10H8ClNO2S. The Labute approximate surface area is 92.1 Å². The highest BCUT2D eigenvalue weighted by atomic mass is 35.7. The monoisotopic (exact) mass is 241 g/mol. The SMILES string of the molecule is O=S(=O)(Cl)c1c[nH]cc1-c1ccccc1. The Hall–Kier alpha value is -1.26. The third kappa shape index (κ3) is 2.06. The maximum atomic E-state index is 11.2. The molecule has 0 radical (unpaired) electrons. The van der Waals surface area contributed by atoms with Gasteiger partial charge in [-0.3, -0.25) is 0 Å². The summed E-state index contributed by atoms with van der Waals surface area (Å²) in [5.41, 5.74) is 1.41. The summed E-state index contributed by atoms with van der Waals surface area (Å²) in [5.74, 6) is 0. The van der Waals surface area contributed by atoms with Crippen LogP contribution in [0.25, 0.3) is 11.1 Å². The molecule has 0 fully saturated rings. The molecule has 2 aromatic rings. The highest BCUT2D eigenvalue weighted by Gasteiger charge is 2.17. The van der Waals surface area contributed by atoms with E-state index in [9.17, 15) is 8.42 Å². The average molecular weight is 242 g/mol. The van der Waals surface area contributed by atoms with Crippen molar-refractivity contribution in [2.45, 2.75) is 4.90 Å². The van der Waals surface area contributed by atoms with E-state index in [0.717, 1.165) is 5.56 Å². The van der Waals surface area contributed by atoms with Gasteiger partial charge in [0.2, 0.25) is 0 Å². The quantitative estimate of drug-likeness (QED) is 0.822. The van der Waals surface area contributed by atoms with Gasteiger partial charge in [0.25, 0.3) is 9.05 Å². The van der Waals surface area contributed by atoms with Crippen molar-refractivity contribution >= 4 is 19.7 Å². The molecule has 0 bridgehead atoms. The fourth-order valence-corrected chi connectivity index (χ4v) is 2.43. The second-order valence-electron chi connectivity index (χ2n) is 3.04. The van der Waals surface area contributed by atoms with Crippen LogP contribution in [0.2, 0.25) is 0 Å². The van der Waals surface area contributed by atoms with E-state index >= 15 is 0 Å². The second-order valence-corrected chi connectivity index (χ2v) is 5.57. The Morgan fingerprint density at radius 3 is 2.33 bits per heavy atom. The highest BCUT2D eigenvalue weighted by Crippen LogP contribution is 2.28. The van der Waals surface area contributed by atoms with Gasteiger partial charge in [-0.05, 0) is 5.56 Å². The summed E-state index contributed by atoms with van der Waals surface area (Å²) < 4.78 is 22.5. The molecule has 0 aliphatic rings. The molecule has 5 heteroatoms. The number of halogens is 1. The summed E-state index contributed by atoms with van der Waals surface area (Å²) in [4.78, 5) is 2.85. The van der Waals surface area contributed by atoms with E-state index in [1.54, 1.807) is 6.20 Å². The van der Waals surface area contributed by atoms with Crippen molar-refractivity contribution in [3.63, 3.8) is 0 Å². The topological polar surface area (TPSA) is 49.9 Å². The van der Waals surface area contributed by atoms with E-state index in [2.05, 4.69) is 4.98 Å². The Morgan fingerprint density at radius 1 is 1.07 bits per heavy atom. The molecular weight excluding hydrogens is 234 g/mol. The molecule has 0 amide bonds. The van der Waals surface area contributed by atoms with Crippen molar-refractivity contribution in [3.05, 3.63) is 42.7 Å². The molecule has 0 saturated heterocycles. The van der Waals surface area contributed by atoms with Crippen molar-refractivity contribution in [2.24, 2.45) is 0 Å². The summed E-state index contributed by atoms with van der Waals surface area (Å²) in [5, 5.41) is 0. The summed E-state index contributed by atoms with van der Waals surface area (Å²) in [6, 6.07) is 9.20. The lowest BCUT2D eigenvalue weighted by molar-refractivity contribution is 0.610. The number of hydrogen-bond donors (Lipinski definition) is 1. The van der Waals surface area contributed by atoms with Crippen LogP contribution in [0.1, 0.15) is 0 Å². The zero-order chi connectivity index (χ0) is 10.9. The lowest BCUT2D eigenvalue weighted by Gasteiger charge is -1.99. The number of nitrogens with one attached hydrogen (secondary N) is 1. The van der Waals surface area contributed by atoms with Gasteiger partial charge in [-0.2, -0.15) is 0 Å². The van der Waals surface area contributed by atoms with Crippen LogP contribution < -0.4 is 0 Å². The minimum Gasteiger partial charge on any atom is -0.366 e. The van der Waals surface area contributed by atoms with Crippen molar-refractivity contribution in [2.75, 3.05) is 0 Å². The Kier molecular flexibility index (Phi) is 2.54. The Balaban J connectivity index is 2.61. The van der Waals surface area contributed by atoms with E-state index in [-0.39, 0.29) is 4.90 Å². The first-order valence-electron chi connectivity index (χ1n) is 4.26. The molecule has 1 aromatic carbocycles. The predicted octanol–water partition coefficient (Wildman–Crippen LogP) is 2.61. The molecule has 1 aromatic heterocycles. The fraction of sp³-hybridized carbons (Fsp3) is 0. The second kappa shape index (κ2) is 3.72. The predicted molar refractivity (Wildman–Crippen MR) is 59.3 cm³/mol. The summed E-state index contributed by atoms with van der Waals surface area (Å²) in [6.07, 6.45) is 3.00. The molecule has 1 N–H and O–H groups in total. The number of aromatic nitrogens is 1. The average Bonchev–Trinajstić information content (AvgIpc) is 2.67. The van der Waals surface area contributed by atoms with Crippen molar-refractivity contribution < 1.29 is 8.42 Å². The van der Waals surface area contributed by atoms with Gasteiger partial charge in [-0.15, -0.1) is 0 Å². The Bertz CT molecular complexity index is 560. The first-order chi connectivity index (χ1) is 7.09. The molecule has 15 heavy (non-hydrogen) atoms. The minimum atomic E-state index is -3.70. The molecule has 0 unspecified atom stereocenters. The van der Waals surface area contributed by atoms with Gasteiger partial charge >= 0.3 is 0 Å². The smallest absolute Gasteiger partial charge is 0.263 e. The lowest BCUT2D eigenvalue weighted by Crippen LogP contribution is -1.90. The first kappa shape index (κ1) is 10.3. The number of benzene rings is 1. The Morgan fingerprint density at radius 2 is 1.73 bits per heavy atom. The van der Waals surface area contributed by atoms with Crippen molar-refractivity contribution in [1.29, 1.82) is 0 Å². The van der Waals surface area contributed by atoms with E-state index in [1.807, 2.05) is 30.3 Å². The van der Waals surface area contributed by atoms with Crippen LogP contribution >= 0.6 is 10.7 Å². The first-order valence-corrected chi connectivity index (χ1v) is 6.57. The number of rotatable bonds is 2. The summed E-state index contributed by atoms with van der Waals surface area (Å²) in [7, 11) is 1.61. The van der Waals surface area contributed by atoms with E-state index in [0.29, 0.717) is 5.56 Å². The van der Waals surface area contributed by atoms with Crippen LogP contribution in [0.4, 0.5) is 0 Å². The van der Waals surface area contributed by atoms with Crippen LogP contribution in [0.3, 0.4) is 0 Å². The number of aromatic amines is 1. The molecule has 0 spiro atoms. The molecule has 2 rings (SSSR count). The van der Waals surface area contributed by atoms with Gasteiger partial charge < -0.3 is 4.98 Å². The summed E-state index contributed by atoms with van der Waals surface area (Å²) in [6.45, 7) is 0. The van der Waals surface area contributed by atoms with Gasteiger partial charge in [0.1, 0.15) is 4.90 Å². The van der Waals surface area contributed by atoms with Crippen molar-refractivity contribution in [3.8, 4) is 11.1 Å². The number of hydrogen-bond acceptors (Lipinski definition) is 2. The zero-order valence-corrected chi connectivity index (χ0v) is 9.22. The van der Waals surface area contributed by atoms with E-state index in [1.165, 1.54) is 6.20 Å². The van der Waals surface area contributed by atoms with Gasteiger partial charge in [0.05, 0.1) is 0 Å². The van der Waals surface area contributed by atoms with Crippen LogP contribution in [0.5, 0.6) is 0 Å². The summed E-state index contributed by atoms with van der Waals surface area (Å²) >= 11 is 0. The third-order valence-electron chi connectivity index (χ3n) is 2.06. The largest absolute Gasteiger partial charge is 0.366 e. The molecule has 0 aliphatic carbocycles. The zero-order valence-electron chi connectivity index (χ0n) is 7.64. The van der Waals surface area contributed by atoms with Gasteiger partial charge in [-0.25, -0.2) is 8.42 Å². The van der Waals surface area contributed by atoms with Gasteiger partial charge in [-0.1, -0.05) is 30.3 Å². The number of H-pyrrole nitrogens is 1. The van der Waals surface area contributed by atoms with Crippen molar-refractivity contribution in [1.82, 2.24) is 4.98 Å². The molecule has 78 valence electrons.